The molecule has 13 heavy (non-hydrogen) atoms. The molecule has 0 aromatic rings. The van der Waals surface area contributed by atoms with E-state index in [1.54, 1.807) is 0 Å². The molecule has 1 atom stereocenters. The number of rotatable bonds is 6. The predicted octanol–water partition coefficient (Wildman–Crippen LogP) is -0.236. The van der Waals surface area contributed by atoms with Crippen molar-refractivity contribution in [3.8, 4) is 6.57 Å². The lowest BCUT2D eigenvalue weighted by Gasteiger charge is -2.05. The normalized spacial score (nSPS) is 11.8. The minimum absolute atomic E-state index is 0.0760. The fraction of sp³-hybridized carbons (Fsp3) is 0.750. The van der Waals surface area contributed by atoms with Crippen molar-refractivity contribution in [1.82, 2.24) is 0 Å². The van der Waals surface area contributed by atoms with E-state index in [-0.39, 0.29) is 18.6 Å². The molecule has 0 heterocycles. The Morgan fingerprint density at radius 2 is 2.23 bits per heavy atom. The van der Waals surface area contributed by atoms with E-state index in [0.29, 0.717) is 25.9 Å². The lowest BCUT2D eigenvalue weighted by atomic mass is 10.0. The SMILES string of the molecule is C#[N+]CC(CN)CCC(=O)OCN. The van der Waals surface area contributed by atoms with E-state index in [4.69, 9.17) is 18.0 Å². The van der Waals surface area contributed by atoms with Gasteiger partial charge >= 0.3 is 5.97 Å². The minimum Gasteiger partial charge on any atom is -0.450 e. The Balaban J connectivity index is 3.60. The Morgan fingerprint density at radius 3 is 2.69 bits per heavy atom. The van der Waals surface area contributed by atoms with Crippen LogP contribution in [-0.2, 0) is 9.53 Å². The van der Waals surface area contributed by atoms with Crippen LogP contribution in [0.3, 0.4) is 0 Å². The third kappa shape index (κ3) is 6.08. The van der Waals surface area contributed by atoms with E-state index in [9.17, 15) is 4.79 Å². The highest BCUT2D eigenvalue weighted by Gasteiger charge is 2.13. The summed E-state index contributed by atoms with van der Waals surface area (Å²) in [5.41, 5.74) is 10.4. The van der Waals surface area contributed by atoms with E-state index in [1.807, 2.05) is 0 Å². The Kier molecular flexibility index (Phi) is 6.88. The predicted molar refractivity (Wildman–Crippen MR) is 50.1 cm³/mol. The summed E-state index contributed by atoms with van der Waals surface area (Å²) in [5.74, 6) is -0.159. The molecule has 0 amide bonds. The molecule has 0 aliphatic heterocycles. The molecule has 0 aromatic heterocycles. The molecule has 0 saturated carbocycles. The Hall–Kier alpha value is -1.12. The maximum Gasteiger partial charge on any atom is 0.307 e. The van der Waals surface area contributed by atoms with Crippen molar-refractivity contribution >= 4 is 5.97 Å². The summed E-state index contributed by atoms with van der Waals surface area (Å²) in [6, 6.07) is 0. The molecule has 5 heteroatoms. The van der Waals surface area contributed by atoms with Gasteiger partial charge in [0.1, 0.15) is 6.73 Å². The number of hydrogen-bond acceptors (Lipinski definition) is 4. The van der Waals surface area contributed by atoms with Gasteiger partial charge in [0, 0.05) is 18.9 Å². The lowest BCUT2D eigenvalue weighted by molar-refractivity contribution is -0.143. The Morgan fingerprint density at radius 1 is 1.54 bits per heavy atom. The fourth-order valence-corrected chi connectivity index (χ4v) is 0.920. The van der Waals surface area contributed by atoms with Crippen LogP contribution in [0.5, 0.6) is 0 Å². The van der Waals surface area contributed by atoms with Crippen molar-refractivity contribution in [3.05, 3.63) is 4.85 Å². The minimum atomic E-state index is -0.307. The first-order valence-electron chi connectivity index (χ1n) is 4.17. The summed E-state index contributed by atoms with van der Waals surface area (Å²) in [6.45, 7) is 5.87. The maximum atomic E-state index is 10.9. The Bertz CT molecular complexity index is 188. The van der Waals surface area contributed by atoms with E-state index >= 15 is 0 Å². The van der Waals surface area contributed by atoms with Gasteiger partial charge in [-0.3, -0.25) is 10.5 Å². The first-order chi connectivity index (χ1) is 6.24. The van der Waals surface area contributed by atoms with Gasteiger partial charge in [-0.1, -0.05) is 4.85 Å². The fourth-order valence-electron chi connectivity index (χ4n) is 0.920. The van der Waals surface area contributed by atoms with E-state index < -0.39 is 0 Å². The zero-order valence-corrected chi connectivity index (χ0v) is 7.61. The van der Waals surface area contributed by atoms with Crippen LogP contribution < -0.4 is 11.5 Å². The summed E-state index contributed by atoms with van der Waals surface area (Å²) in [4.78, 5) is 14.3. The lowest BCUT2D eigenvalue weighted by Crippen LogP contribution is -2.19. The van der Waals surface area contributed by atoms with Crippen LogP contribution in [0.4, 0.5) is 0 Å². The maximum absolute atomic E-state index is 10.9. The second kappa shape index (κ2) is 7.53. The van der Waals surface area contributed by atoms with Crippen molar-refractivity contribution in [2.75, 3.05) is 19.8 Å². The van der Waals surface area contributed by atoms with Gasteiger partial charge in [-0.15, -0.1) is 0 Å². The van der Waals surface area contributed by atoms with E-state index in [2.05, 4.69) is 9.58 Å². The summed E-state index contributed by atoms with van der Waals surface area (Å²) in [5, 5.41) is 0. The average molecular weight is 186 g/mol. The second-order valence-corrected chi connectivity index (χ2v) is 2.69. The monoisotopic (exact) mass is 186 g/mol. The molecular formula is C8H16N3O2+. The van der Waals surface area contributed by atoms with Crippen LogP contribution in [0, 0.1) is 12.5 Å². The number of nitrogens with zero attached hydrogens (tertiary/aromatic N) is 1. The third-order valence-corrected chi connectivity index (χ3v) is 1.70. The molecule has 0 aromatic carbocycles. The van der Waals surface area contributed by atoms with Gasteiger partial charge in [0.15, 0.2) is 0 Å². The van der Waals surface area contributed by atoms with Gasteiger partial charge in [-0.05, 0) is 6.42 Å². The quantitative estimate of drug-likeness (QED) is 0.443. The van der Waals surface area contributed by atoms with Gasteiger partial charge in [0.2, 0.25) is 0 Å². The molecule has 0 bridgehead atoms. The summed E-state index contributed by atoms with van der Waals surface area (Å²) < 4.78 is 4.55. The van der Waals surface area contributed by atoms with Crippen LogP contribution in [-0.4, -0.2) is 25.8 Å². The highest BCUT2D eigenvalue weighted by Crippen LogP contribution is 2.06. The number of ether oxygens (including phenoxy) is 1. The summed E-state index contributed by atoms with van der Waals surface area (Å²) >= 11 is 0. The molecule has 0 fully saturated rings. The molecular weight excluding hydrogens is 170 g/mol. The molecule has 0 radical (unpaired) electrons. The Labute approximate surface area is 77.9 Å². The number of nitrogens with two attached hydrogens (primary N) is 2. The molecule has 0 aliphatic rings. The topological polar surface area (TPSA) is 82.7 Å². The smallest absolute Gasteiger partial charge is 0.307 e. The van der Waals surface area contributed by atoms with Crippen molar-refractivity contribution in [2.24, 2.45) is 17.4 Å². The number of hydrogen-bond donors (Lipinski definition) is 2. The zero-order chi connectivity index (χ0) is 10.1. The highest BCUT2D eigenvalue weighted by molar-refractivity contribution is 5.69. The van der Waals surface area contributed by atoms with Gasteiger partial charge in [-0.2, -0.15) is 0 Å². The summed E-state index contributed by atoms with van der Waals surface area (Å²) in [7, 11) is 0. The standard InChI is InChI=1S/C8H16N3O2/c1-11-5-7(4-9)2-3-8(12)13-6-10/h1,7H,2-6,9-10H2/q+1. The molecule has 4 N–H and O–H groups in total. The number of esters is 1. The summed E-state index contributed by atoms with van der Waals surface area (Å²) in [6.07, 6.45) is 0.949. The number of carbonyl (C=O) groups excluding carboxylic acids is 1. The molecule has 0 spiro atoms. The second-order valence-electron chi connectivity index (χ2n) is 2.69. The van der Waals surface area contributed by atoms with Crippen molar-refractivity contribution < 1.29 is 9.53 Å². The molecule has 5 nitrogen and oxygen atoms in total. The van der Waals surface area contributed by atoms with Crippen molar-refractivity contribution in [1.29, 1.82) is 0 Å². The van der Waals surface area contributed by atoms with Gasteiger partial charge in [-0.25, -0.2) is 0 Å². The van der Waals surface area contributed by atoms with E-state index in [0.717, 1.165) is 0 Å². The van der Waals surface area contributed by atoms with Crippen molar-refractivity contribution in [3.63, 3.8) is 0 Å². The highest BCUT2D eigenvalue weighted by atomic mass is 16.5. The van der Waals surface area contributed by atoms with Gasteiger partial charge in [0.05, 0.1) is 0 Å². The molecule has 1 unspecified atom stereocenters. The first-order valence-corrected chi connectivity index (χ1v) is 4.17. The first kappa shape index (κ1) is 11.9. The van der Waals surface area contributed by atoms with Gasteiger partial charge in [0.25, 0.3) is 13.1 Å². The average Bonchev–Trinajstić information content (AvgIpc) is 2.12. The van der Waals surface area contributed by atoms with Crippen LogP contribution in [0.1, 0.15) is 12.8 Å². The van der Waals surface area contributed by atoms with Crippen LogP contribution >= 0.6 is 0 Å². The van der Waals surface area contributed by atoms with Crippen molar-refractivity contribution in [2.45, 2.75) is 12.8 Å². The molecule has 0 rings (SSSR count). The largest absolute Gasteiger partial charge is 0.450 e. The van der Waals surface area contributed by atoms with Crippen LogP contribution in [0.2, 0.25) is 0 Å². The van der Waals surface area contributed by atoms with Crippen LogP contribution in [0.15, 0.2) is 0 Å². The zero-order valence-electron chi connectivity index (χ0n) is 7.61. The number of carbonyl (C=O) groups is 1. The van der Waals surface area contributed by atoms with Gasteiger partial charge < -0.3 is 10.5 Å². The molecule has 74 valence electrons. The van der Waals surface area contributed by atoms with E-state index in [1.165, 1.54) is 0 Å². The third-order valence-electron chi connectivity index (χ3n) is 1.70. The van der Waals surface area contributed by atoms with Crippen LogP contribution in [0.25, 0.3) is 4.85 Å². The molecule has 0 saturated heterocycles. The molecule has 0 aliphatic carbocycles.